The van der Waals surface area contributed by atoms with E-state index in [1.54, 1.807) is 12.4 Å². The normalized spacial score (nSPS) is 17.7. The number of nitrogens with zero attached hydrogens (tertiary/aromatic N) is 4. The molecule has 136 valence electrons. The maximum absolute atomic E-state index is 12.3. The molecule has 1 N–H and O–H groups in total. The zero-order chi connectivity index (χ0) is 18.6. The van der Waals surface area contributed by atoms with Crippen molar-refractivity contribution in [3.63, 3.8) is 0 Å². The van der Waals surface area contributed by atoms with Crippen LogP contribution in [-0.4, -0.2) is 44.4 Å². The van der Waals surface area contributed by atoms with Crippen LogP contribution in [0.3, 0.4) is 0 Å². The first-order valence-electron chi connectivity index (χ1n) is 9.00. The van der Waals surface area contributed by atoms with Gasteiger partial charge in [-0.05, 0) is 36.2 Å². The molecule has 1 atom stereocenters. The summed E-state index contributed by atoms with van der Waals surface area (Å²) in [6.45, 7) is -0.0943. The van der Waals surface area contributed by atoms with Gasteiger partial charge in [0.1, 0.15) is 0 Å². The van der Waals surface area contributed by atoms with Gasteiger partial charge in [0.2, 0.25) is 5.91 Å². The van der Waals surface area contributed by atoms with E-state index in [-0.39, 0.29) is 18.6 Å². The van der Waals surface area contributed by atoms with E-state index < -0.39 is 0 Å². The number of fused-ring (bicyclic) bond motifs is 1. The zero-order valence-corrected chi connectivity index (χ0v) is 14.8. The molecule has 0 spiro atoms. The summed E-state index contributed by atoms with van der Waals surface area (Å²) < 4.78 is 0. The molecular weight excluding hydrogens is 340 g/mol. The number of hydrogen-bond donors (Lipinski definition) is 1. The fourth-order valence-corrected chi connectivity index (χ4v) is 3.37. The standard InChI is InChI=1S/C21H20N4O2/c26-14-16-8-9-21(27)25(16)24-20(19-7-3-4-11-22-19)13-15-10-12-23-18-6-2-1-5-17(15)18/h1-7,10-12,16,26H,8-9,13-14H2. The Morgan fingerprint density at radius 2 is 1.96 bits per heavy atom. The van der Waals surface area contributed by atoms with Crippen LogP contribution in [0, 0.1) is 0 Å². The quantitative estimate of drug-likeness (QED) is 0.709. The van der Waals surface area contributed by atoms with Crippen LogP contribution in [0.2, 0.25) is 0 Å². The highest BCUT2D eigenvalue weighted by Crippen LogP contribution is 2.22. The lowest BCUT2D eigenvalue weighted by Crippen LogP contribution is -2.32. The molecule has 27 heavy (non-hydrogen) atoms. The molecule has 1 aliphatic heterocycles. The van der Waals surface area contributed by atoms with Gasteiger partial charge in [0.05, 0.1) is 29.6 Å². The summed E-state index contributed by atoms with van der Waals surface area (Å²) in [7, 11) is 0. The van der Waals surface area contributed by atoms with Crippen molar-refractivity contribution in [2.45, 2.75) is 25.3 Å². The number of rotatable bonds is 5. The molecule has 1 saturated heterocycles. The van der Waals surface area contributed by atoms with Crippen LogP contribution in [0.4, 0.5) is 0 Å². The molecule has 3 aromatic rings. The second-order valence-electron chi connectivity index (χ2n) is 6.54. The Morgan fingerprint density at radius 3 is 2.78 bits per heavy atom. The molecule has 1 aromatic carbocycles. The lowest BCUT2D eigenvalue weighted by Gasteiger charge is -2.19. The van der Waals surface area contributed by atoms with Gasteiger partial charge in [-0.1, -0.05) is 24.3 Å². The lowest BCUT2D eigenvalue weighted by molar-refractivity contribution is -0.129. The smallest absolute Gasteiger partial charge is 0.243 e. The molecule has 3 heterocycles. The van der Waals surface area contributed by atoms with E-state index in [0.29, 0.717) is 25.0 Å². The van der Waals surface area contributed by atoms with Crippen molar-refractivity contribution in [2.75, 3.05) is 6.61 Å². The van der Waals surface area contributed by atoms with E-state index in [1.165, 1.54) is 5.01 Å². The molecule has 2 aromatic heterocycles. The van der Waals surface area contributed by atoms with Crippen molar-refractivity contribution >= 4 is 22.5 Å². The Kier molecular flexibility index (Phi) is 4.89. The van der Waals surface area contributed by atoms with E-state index in [4.69, 9.17) is 0 Å². The fraction of sp³-hybridized carbons (Fsp3) is 0.238. The predicted molar refractivity (Wildman–Crippen MR) is 103 cm³/mol. The van der Waals surface area contributed by atoms with Crippen molar-refractivity contribution in [1.29, 1.82) is 0 Å². The minimum Gasteiger partial charge on any atom is -0.394 e. The van der Waals surface area contributed by atoms with E-state index in [1.807, 2.05) is 48.5 Å². The van der Waals surface area contributed by atoms with Crippen LogP contribution >= 0.6 is 0 Å². The first-order valence-corrected chi connectivity index (χ1v) is 9.00. The first kappa shape index (κ1) is 17.3. The van der Waals surface area contributed by atoms with Gasteiger partial charge in [0.15, 0.2) is 0 Å². The van der Waals surface area contributed by atoms with Crippen molar-refractivity contribution in [1.82, 2.24) is 15.0 Å². The van der Waals surface area contributed by atoms with Crippen molar-refractivity contribution in [2.24, 2.45) is 5.10 Å². The SMILES string of the molecule is O=C1CCC(CO)N1N=C(Cc1ccnc2ccccc12)c1ccccn1. The summed E-state index contributed by atoms with van der Waals surface area (Å²) in [4.78, 5) is 21.1. The number of para-hydroxylation sites is 1. The van der Waals surface area contributed by atoms with Crippen molar-refractivity contribution < 1.29 is 9.90 Å². The molecule has 6 nitrogen and oxygen atoms in total. The monoisotopic (exact) mass is 360 g/mol. The number of amides is 1. The van der Waals surface area contributed by atoms with E-state index in [9.17, 15) is 9.90 Å². The Bertz CT molecular complexity index is 982. The molecule has 0 radical (unpaired) electrons. The largest absolute Gasteiger partial charge is 0.394 e. The second-order valence-corrected chi connectivity index (χ2v) is 6.54. The number of benzene rings is 1. The van der Waals surface area contributed by atoms with E-state index >= 15 is 0 Å². The lowest BCUT2D eigenvalue weighted by atomic mass is 10.0. The Morgan fingerprint density at radius 1 is 1.11 bits per heavy atom. The van der Waals surface area contributed by atoms with Crippen LogP contribution in [0.15, 0.2) is 66.0 Å². The second kappa shape index (κ2) is 7.63. The number of carbonyl (C=O) groups is 1. The van der Waals surface area contributed by atoms with Gasteiger partial charge in [-0.3, -0.25) is 14.8 Å². The topological polar surface area (TPSA) is 78.7 Å². The summed E-state index contributed by atoms with van der Waals surface area (Å²) in [5.41, 5.74) is 3.40. The molecule has 4 rings (SSSR count). The minimum absolute atomic E-state index is 0.0675. The molecule has 0 saturated carbocycles. The zero-order valence-electron chi connectivity index (χ0n) is 14.8. The van der Waals surface area contributed by atoms with Crippen LogP contribution in [0.25, 0.3) is 10.9 Å². The number of aliphatic hydroxyl groups is 1. The van der Waals surface area contributed by atoms with Crippen LogP contribution < -0.4 is 0 Å². The summed E-state index contributed by atoms with van der Waals surface area (Å²) in [5, 5.41) is 16.7. The molecule has 0 bridgehead atoms. The maximum Gasteiger partial charge on any atom is 0.243 e. The third-order valence-corrected chi connectivity index (χ3v) is 4.79. The van der Waals surface area contributed by atoms with Gasteiger partial charge in [-0.25, -0.2) is 5.01 Å². The number of aliphatic hydroxyl groups excluding tert-OH is 1. The van der Waals surface area contributed by atoms with Crippen LogP contribution in [0.1, 0.15) is 24.1 Å². The summed E-state index contributed by atoms with van der Waals surface area (Å²) in [6, 6.07) is 15.3. The Balaban J connectivity index is 1.77. The van der Waals surface area contributed by atoms with Gasteiger partial charge in [0, 0.05) is 30.6 Å². The molecule has 1 amide bonds. The van der Waals surface area contributed by atoms with Crippen LogP contribution in [0.5, 0.6) is 0 Å². The summed E-state index contributed by atoms with van der Waals surface area (Å²) in [6.07, 6.45) is 5.03. The molecule has 1 aliphatic rings. The highest BCUT2D eigenvalue weighted by Gasteiger charge is 2.31. The van der Waals surface area contributed by atoms with Gasteiger partial charge in [-0.15, -0.1) is 0 Å². The summed E-state index contributed by atoms with van der Waals surface area (Å²) >= 11 is 0. The Labute approximate surface area is 157 Å². The molecule has 1 unspecified atom stereocenters. The minimum atomic E-state index is -0.273. The van der Waals surface area contributed by atoms with Gasteiger partial charge >= 0.3 is 0 Å². The Hall–Kier alpha value is -3.12. The van der Waals surface area contributed by atoms with E-state index in [0.717, 1.165) is 22.2 Å². The van der Waals surface area contributed by atoms with E-state index in [2.05, 4.69) is 15.1 Å². The average Bonchev–Trinajstić information content (AvgIpc) is 3.08. The number of carbonyl (C=O) groups excluding carboxylic acids is 1. The number of hydrogen-bond acceptors (Lipinski definition) is 5. The van der Waals surface area contributed by atoms with Crippen molar-refractivity contribution in [3.8, 4) is 0 Å². The molecule has 0 aliphatic carbocycles. The predicted octanol–water partition coefficient (Wildman–Crippen LogP) is 2.56. The van der Waals surface area contributed by atoms with Gasteiger partial charge < -0.3 is 5.11 Å². The maximum atomic E-state index is 12.3. The summed E-state index contributed by atoms with van der Waals surface area (Å²) in [5.74, 6) is -0.0675. The highest BCUT2D eigenvalue weighted by molar-refractivity contribution is 6.02. The number of pyridine rings is 2. The third kappa shape index (κ3) is 3.57. The third-order valence-electron chi connectivity index (χ3n) is 4.79. The fourth-order valence-electron chi connectivity index (χ4n) is 3.37. The molecule has 1 fully saturated rings. The van der Waals surface area contributed by atoms with Gasteiger partial charge in [-0.2, -0.15) is 5.10 Å². The van der Waals surface area contributed by atoms with Crippen LogP contribution in [-0.2, 0) is 11.2 Å². The molecule has 6 heteroatoms. The number of aromatic nitrogens is 2. The number of hydrazone groups is 1. The first-order chi connectivity index (χ1) is 13.3. The van der Waals surface area contributed by atoms with Crippen molar-refractivity contribution in [3.05, 3.63) is 72.2 Å². The average molecular weight is 360 g/mol. The molecular formula is C21H20N4O2. The van der Waals surface area contributed by atoms with Gasteiger partial charge in [0.25, 0.3) is 0 Å². The highest BCUT2D eigenvalue weighted by atomic mass is 16.3.